The van der Waals surface area contributed by atoms with Gasteiger partial charge in [-0.15, -0.1) is 0 Å². The average molecular weight is 531 g/mol. The van der Waals surface area contributed by atoms with Crippen LogP contribution in [0, 0.1) is 0 Å². The Bertz CT molecular complexity index is 816. The quantitative estimate of drug-likeness (QED) is 0.468. The van der Waals surface area contributed by atoms with Gasteiger partial charge in [-0.25, -0.2) is 14.2 Å². The van der Waals surface area contributed by atoms with Crippen molar-refractivity contribution < 1.29 is 44.3 Å². The van der Waals surface area contributed by atoms with Crippen molar-refractivity contribution in [2.75, 3.05) is 12.3 Å². The molecule has 0 spiro atoms. The molecular weight excluding hydrogens is 511 g/mol. The molecule has 0 aliphatic rings. The van der Waals surface area contributed by atoms with E-state index in [2.05, 4.69) is 0 Å². The van der Waals surface area contributed by atoms with E-state index in [4.69, 9.17) is 22.0 Å². The Hall–Kier alpha value is -2.21. The molecule has 0 fully saturated rings. The first-order chi connectivity index (χ1) is 11.6. The van der Waals surface area contributed by atoms with Gasteiger partial charge < -0.3 is 15.2 Å². The van der Waals surface area contributed by atoms with Gasteiger partial charge in [-0.05, 0) is 45.9 Å². The van der Waals surface area contributed by atoms with Crippen molar-refractivity contribution in [2.24, 2.45) is 0 Å². The van der Waals surface area contributed by atoms with E-state index < -0.39 is 36.2 Å². The maximum atomic E-state index is 12.5. The monoisotopic (exact) mass is 531 g/mol. The fraction of sp³-hybridized carbons (Fsp3) is 0.375. The number of benzene rings is 1. The van der Waals surface area contributed by atoms with E-state index >= 15 is 0 Å². The number of hydrogen-bond acceptors (Lipinski definition) is 7. The molecule has 0 unspecified atom stereocenters. The first-order valence-electron chi connectivity index (χ1n) is 7.30. The maximum absolute atomic E-state index is 12.5. The SMILES string of the molecule is CCOC(=O)c1cc2ccc(N)cc2n1C(=O)OC(C)(C)C.[O]=[Pt]=[O]. The average Bonchev–Trinajstić information content (AvgIpc) is 2.85. The van der Waals surface area contributed by atoms with Gasteiger partial charge in [0.15, 0.2) is 0 Å². The fourth-order valence-corrected chi connectivity index (χ4v) is 2.08. The van der Waals surface area contributed by atoms with Crippen LogP contribution in [0.4, 0.5) is 10.5 Å². The van der Waals surface area contributed by atoms with Crippen LogP contribution >= 0.6 is 0 Å². The molecule has 0 aliphatic carbocycles. The van der Waals surface area contributed by atoms with Gasteiger partial charge in [0.2, 0.25) is 0 Å². The first kappa shape index (κ1) is 20.8. The normalized spacial score (nSPS) is 10.9. The van der Waals surface area contributed by atoms with Gasteiger partial charge in [0.05, 0.1) is 12.1 Å². The summed E-state index contributed by atoms with van der Waals surface area (Å²) in [5, 5.41) is 0.711. The summed E-state index contributed by atoms with van der Waals surface area (Å²) in [6.45, 7) is 7.20. The van der Waals surface area contributed by atoms with Crippen molar-refractivity contribution in [3.63, 3.8) is 0 Å². The van der Waals surface area contributed by atoms with Crippen LogP contribution in [-0.2, 0) is 34.8 Å². The van der Waals surface area contributed by atoms with E-state index in [1.807, 2.05) is 0 Å². The summed E-state index contributed by atoms with van der Waals surface area (Å²) in [7, 11) is 0. The molecule has 1 aromatic carbocycles. The first-order valence-corrected chi connectivity index (χ1v) is 9.15. The molecule has 1 aromatic heterocycles. The fourth-order valence-electron chi connectivity index (χ4n) is 2.08. The predicted molar refractivity (Wildman–Crippen MR) is 85.3 cm³/mol. The Kier molecular flexibility index (Phi) is 7.30. The second kappa shape index (κ2) is 8.76. The number of carbonyl (C=O) groups is 2. The van der Waals surface area contributed by atoms with Crippen LogP contribution in [0.2, 0.25) is 0 Å². The zero-order valence-electron chi connectivity index (χ0n) is 14.3. The summed E-state index contributed by atoms with van der Waals surface area (Å²) in [6.07, 6.45) is -0.642. The van der Waals surface area contributed by atoms with Crippen LogP contribution in [0.5, 0.6) is 0 Å². The van der Waals surface area contributed by atoms with Crippen LogP contribution in [-0.4, -0.2) is 28.8 Å². The van der Waals surface area contributed by atoms with Crippen molar-refractivity contribution in [3.05, 3.63) is 30.0 Å². The number of fused-ring (bicyclic) bond motifs is 1. The Morgan fingerprint density at radius 2 is 1.80 bits per heavy atom. The molecule has 0 saturated carbocycles. The third-order valence-corrected chi connectivity index (χ3v) is 2.89. The van der Waals surface area contributed by atoms with Gasteiger partial charge in [-0.1, -0.05) is 6.07 Å². The van der Waals surface area contributed by atoms with Gasteiger partial charge in [-0.3, -0.25) is 0 Å². The molecule has 25 heavy (non-hydrogen) atoms. The van der Waals surface area contributed by atoms with Crippen molar-refractivity contribution in [2.45, 2.75) is 33.3 Å². The second-order valence-electron chi connectivity index (χ2n) is 5.94. The zero-order valence-corrected chi connectivity index (χ0v) is 16.6. The predicted octanol–water partition coefficient (Wildman–Crippen LogP) is 2.94. The molecule has 2 aromatic rings. The Labute approximate surface area is 153 Å². The number of nitrogen functional groups attached to an aromatic ring is 1. The minimum atomic E-state index is -1.92. The Morgan fingerprint density at radius 3 is 2.32 bits per heavy atom. The molecule has 0 aliphatic heterocycles. The van der Waals surface area contributed by atoms with Crippen molar-refractivity contribution in [3.8, 4) is 0 Å². The Balaban J connectivity index is 0.000000970. The van der Waals surface area contributed by atoms with Crippen LogP contribution in [0.3, 0.4) is 0 Å². The molecule has 8 nitrogen and oxygen atoms in total. The molecule has 2 N–H and O–H groups in total. The second-order valence-corrected chi connectivity index (χ2v) is 6.32. The molecule has 0 radical (unpaired) electrons. The number of rotatable bonds is 2. The topological polar surface area (TPSA) is 118 Å². The number of nitrogens with two attached hydrogens (primary N) is 1. The van der Waals surface area contributed by atoms with E-state index in [0.29, 0.717) is 16.6 Å². The molecule has 140 valence electrons. The number of hydrogen-bond donors (Lipinski definition) is 1. The summed E-state index contributed by atoms with van der Waals surface area (Å²) in [5.74, 6) is -0.580. The number of esters is 1. The summed E-state index contributed by atoms with van der Waals surface area (Å²) >= 11 is -1.92. The van der Waals surface area contributed by atoms with E-state index in [-0.39, 0.29) is 12.3 Å². The molecule has 0 amide bonds. The number of aromatic nitrogens is 1. The summed E-state index contributed by atoms with van der Waals surface area (Å²) in [6, 6.07) is 6.67. The molecule has 2 rings (SSSR count). The number of carbonyl (C=O) groups excluding carboxylic acids is 2. The van der Waals surface area contributed by atoms with E-state index in [0.717, 1.165) is 0 Å². The van der Waals surface area contributed by atoms with Crippen molar-refractivity contribution in [1.29, 1.82) is 0 Å². The minimum absolute atomic E-state index is 0.122. The molecule has 1 heterocycles. The van der Waals surface area contributed by atoms with Gasteiger partial charge in [0, 0.05) is 11.1 Å². The third-order valence-electron chi connectivity index (χ3n) is 2.89. The number of ether oxygens (including phenoxy) is 2. The van der Waals surface area contributed by atoms with E-state index in [9.17, 15) is 9.59 Å². The van der Waals surface area contributed by atoms with Crippen molar-refractivity contribution in [1.82, 2.24) is 4.57 Å². The van der Waals surface area contributed by atoms with Crippen molar-refractivity contribution >= 4 is 28.7 Å². The van der Waals surface area contributed by atoms with Gasteiger partial charge >= 0.3 is 37.3 Å². The number of anilines is 1. The van der Waals surface area contributed by atoms with Crippen LogP contribution in [0.15, 0.2) is 24.3 Å². The van der Waals surface area contributed by atoms with Gasteiger partial charge in [0.25, 0.3) is 0 Å². The van der Waals surface area contributed by atoms with E-state index in [1.54, 1.807) is 52.0 Å². The molecule has 9 heteroatoms. The van der Waals surface area contributed by atoms with Gasteiger partial charge in [0.1, 0.15) is 11.3 Å². The summed E-state index contributed by atoms with van der Waals surface area (Å²) < 4.78 is 28.6. The van der Waals surface area contributed by atoms with Crippen LogP contribution in [0.1, 0.15) is 38.2 Å². The molecule has 0 bridgehead atoms. The van der Waals surface area contributed by atoms with Crippen LogP contribution in [0.25, 0.3) is 10.9 Å². The van der Waals surface area contributed by atoms with Gasteiger partial charge in [-0.2, -0.15) is 0 Å². The van der Waals surface area contributed by atoms with E-state index in [1.165, 1.54) is 4.57 Å². The Morgan fingerprint density at radius 1 is 1.20 bits per heavy atom. The molecular formula is C16H20N2O6Pt. The molecule has 0 saturated heterocycles. The number of nitrogens with zero attached hydrogens (tertiary/aromatic N) is 1. The zero-order chi connectivity index (χ0) is 19.2. The summed E-state index contributed by atoms with van der Waals surface area (Å²) in [4.78, 5) is 24.6. The standard InChI is InChI=1S/C16H20N2O4.2O.Pt/c1-5-21-14(19)13-8-10-6-7-11(17)9-12(10)18(13)15(20)22-16(2,3)4;;;/h6-9H,5,17H2,1-4H3;;;. The van der Waals surface area contributed by atoms with Crippen LogP contribution < -0.4 is 5.73 Å². The molecule has 0 atom stereocenters. The third kappa shape index (κ3) is 5.67. The summed E-state index contributed by atoms with van der Waals surface area (Å²) in [5.41, 5.74) is 6.23.